The van der Waals surface area contributed by atoms with Gasteiger partial charge in [0.15, 0.2) is 5.82 Å². The number of carbonyl (C=O) groups is 2. The topological polar surface area (TPSA) is 84.2 Å². The number of nitrogens with zero attached hydrogens (tertiary/aromatic N) is 2. The second kappa shape index (κ2) is 7.04. The number of hydrogen-bond donors (Lipinski definition) is 2. The Labute approximate surface area is 144 Å². The number of nitrogens with one attached hydrogen (secondary N) is 1. The lowest BCUT2D eigenvalue weighted by Gasteiger charge is -2.36. The molecule has 0 unspecified atom stereocenters. The van der Waals surface area contributed by atoms with Crippen LogP contribution in [0.4, 0.5) is 10.2 Å². The van der Waals surface area contributed by atoms with Crippen LogP contribution in [0, 0.1) is 5.82 Å². The molecule has 1 aromatic heterocycles. The molecule has 2 aromatic rings. The van der Waals surface area contributed by atoms with Crippen molar-refractivity contribution in [2.45, 2.75) is 44.1 Å². The van der Waals surface area contributed by atoms with E-state index in [1.165, 1.54) is 23.0 Å². The van der Waals surface area contributed by atoms with Crippen molar-refractivity contribution in [3.05, 3.63) is 47.9 Å². The Morgan fingerprint density at radius 1 is 1.16 bits per heavy atom. The van der Waals surface area contributed by atoms with Crippen LogP contribution < -0.4 is 5.32 Å². The predicted octanol–water partition coefficient (Wildman–Crippen LogP) is 2.95. The molecule has 0 saturated heterocycles. The highest BCUT2D eigenvalue weighted by atomic mass is 19.1. The lowest BCUT2D eigenvalue weighted by atomic mass is 9.68. The first-order valence-electron chi connectivity index (χ1n) is 8.32. The number of carbonyl (C=O) groups excluding carboxylic acids is 1. The monoisotopic (exact) mass is 345 g/mol. The number of anilines is 1. The summed E-state index contributed by atoms with van der Waals surface area (Å²) in [6.45, 7) is -0.265. The molecule has 1 amide bonds. The average molecular weight is 345 g/mol. The molecule has 2 N–H and O–H groups in total. The molecule has 6 nitrogen and oxygen atoms in total. The number of benzene rings is 1. The van der Waals surface area contributed by atoms with E-state index in [0.29, 0.717) is 18.7 Å². The average Bonchev–Trinajstić information content (AvgIpc) is 3.02. The van der Waals surface area contributed by atoms with Gasteiger partial charge in [0.25, 0.3) is 0 Å². The summed E-state index contributed by atoms with van der Waals surface area (Å²) in [5.41, 5.74) is 0.0961. The molecule has 1 saturated carbocycles. The zero-order valence-corrected chi connectivity index (χ0v) is 13.7. The van der Waals surface area contributed by atoms with Crippen molar-refractivity contribution in [2.75, 3.05) is 5.32 Å². The van der Waals surface area contributed by atoms with Crippen molar-refractivity contribution in [3.8, 4) is 0 Å². The van der Waals surface area contributed by atoms with Crippen LogP contribution >= 0.6 is 0 Å². The third-order valence-corrected chi connectivity index (χ3v) is 4.72. The molecule has 1 aliphatic carbocycles. The van der Waals surface area contributed by atoms with Gasteiger partial charge >= 0.3 is 5.97 Å². The first-order chi connectivity index (χ1) is 12.0. The number of carboxylic acid groups (broad SMARTS) is 1. The molecule has 132 valence electrons. The first kappa shape index (κ1) is 17.1. The van der Waals surface area contributed by atoms with Crippen LogP contribution in [0.2, 0.25) is 0 Å². The number of hydrogen-bond acceptors (Lipinski definition) is 3. The minimum Gasteiger partial charge on any atom is -0.480 e. The maximum absolute atomic E-state index is 13.3. The Kier molecular flexibility index (Phi) is 4.83. The van der Waals surface area contributed by atoms with Gasteiger partial charge in [0, 0.05) is 12.3 Å². The third-order valence-electron chi connectivity index (χ3n) is 4.72. The van der Waals surface area contributed by atoms with Gasteiger partial charge in [-0.3, -0.25) is 14.3 Å². The Hall–Kier alpha value is -2.70. The zero-order valence-electron chi connectivity index (χ0n) is 13.7. The van der Waals surface area contributed by atoms with Gasteiger partial charge in [0.2, 0.25) is 5.91 Å². The number of aliphatic carboxylic acids is 1. The number of aromatic nitrogens is 2. The molecule has 1 heterocycles. The molecule has 25 heavy (non-hydrogen) atoms. The lowest BCUT2D eigenvalue weighted by molar-refractivity contribution is -0.137. The summed E-state index contributed by atoms with van der Waals surface area (Å²) < 4.78 is 14.5. The molecule has 1 aliphatic rings. The van der Waals surface area contributed by atoms with E-state index in [9.17, 15) is 14.0 Å². The van der Waals surface area contributed by atoms with Crippen LogP contribution in [-0.2, 0) is 21.5 Å². The number of halogens is 1. The molecule has 3 rings (SSSR count). The maximum Gasteiger partial charge on any atom is 0.325 e. The van der Waals surface area contributed by atoms with E-state index in [4.69, 9.17) is 5.11 Å². The molecule has 1 aromatic carbocycles. The predicted molar refractivity (Wildman–Crippen MR) is 89.7 cm³/mol. The van der Waals surface area contributed by atoms with Gasteiger partial charge < -0.3 is 10.4 Å². The minimum atomic E-state index is -1.00. The largest absolute Gasteiger partial charge is 0.480 e. The van der Waals surface area contributed by atoms with Crippen LogP contribution in [-0.4, -0.2) is 26.8 Å². The van der Waals surface area contributed by atoms with Crippen molar-refractivity contribution in [2.24, 2.45) is 0 Å². The van der Waals surface area contributed by atoms with E-state index in [1.54, 1.807) is 18.2 Å². The number of amides is 1. The van der Waals surface area contributed by atoms with Crippen LogP contribution in [0.1, 0.15) is 37.7 Å². The maximum atomic E-state index is 13.3. The fraction of sp³-hybridized carbons (Fsp3) is 0.389. The van der Waals surface area contributed by atoms with E-state index in [0.717, 1.165) is 24.8 Å². The summed E-state index contributed by atoms with van der Waals surface area (Å²) in [6, 6.07) is 7.66. The highest BCUT2D eigenvalue weighted by molar-refractivity contribution is 5.98. The molecule has 7 heteroatoms. The molecule has 0 aliphatic heterocycles. The van der Waals surface area contributed by atoms with Crippen molar-refractivity contribution < 1.29 is 19.1 Å². The van der Waals surface area contributed by atoms with E-state index >= 15 is 0 Å². The smallest absolute Gasteiger partial charge is 0.325 e. The van der Waals surface area contributed by atoms with Crippen LogP contribution in [0.15, 0.2) is 36.5 Å². The number of carboxylic acids is 1. The summed E-state index contributed by atoms with van der Waals surface area (Å²) in [5.74, 6) is -1.20. The van der Waals surface area contributed by atoms with Gasteiger partial charge in [0.1, 0.15) is 12.4 Å². The fourth-order valence-corrected chi connectivity index (χ4v) is 3.46. The second-order valence-electron chi connectivity index (χ2n) is 6.40. The Morgan fingerprint density at radius 2 is 1.84 bits per heavy atom. The van der Waals surface area contributed by atoms with Crippen molar-refractivity contribution in [3.63, 3.8) is 0 Å². The molecular formula is C18H20FN3O3. The van der Waals surface area contributed by atoms with Crippen molar-refractivity contribution >= 4 is 17.7 Å². The summed E-state index contributed by atoms with van der Waals surface area (Å²) in [4.78, 5) is 23.8. The van der Waals surface area contributed by atoms with Crippen molar-refractivity contribution in [1.82, 2.24) is 9.78 Å². The summed E-state index contributed by atoms with van der Waals surface area (Å²) >= 11 is 0. The van der Waals surface area contributed by atoms with Gasteiger partial charge in [-0.15, -0.1) is 0 Å². The molecule has 0 bridgehead atoms. The van der Waals surface area contributed by atoms with E-state index in [2.05, 4.69) is 10.4 Å². The van der Waals surface area contributed by atoms with E-state index in [1.807, 2.05) is 0 Å². The van der Waals surface area contributed by atoms with Crippen LogP contribution in [0.5, 0.6) is 0 Å². The molecule has 1 fully saturated rings. The Bertz CT molecular complexity index is 764. The molecule has 0 atom stereocenters. The summed E-state index contributed by atoms with van der Waals surface area (Å²) in [7, 11) is 0. The Morgan fingerprint density at radius 3 is 2.48 bits per heavy atom. The van der Waals surface area contributed by atoms with Gasteiger partial charge in [-0.1, -0.05) is 31.4 Å². The van der Waals surface area contributed by atoms with Gasteiger partial charge in [-0.05, 0) is 30.5 Å². The fourth-order valence-electron chi connectivity index (χ4n) is 3.46. The third kappa shape index (κ3) is 3.70. The summed E-state index contributed by atoms with van der Waals surface area (Å²) in [5, 5.41) is 15.7. The van der Waals surface area contributed by atoms with Crippen LogP contribution in [0.25, 0.3) is 0 Å². The quantitative estimate of drug-likeness (QED) is 0.873. The van der Waals surface area contributed by atoms with Crippen LogP contribution in [0.3, 0.4) is 0 Å². The highest BCUT2D eigenvalue weighted by Crippen LogP contribution is 2.40. The number of rotatable bonds is 5. The first-order valence-corrected chi connectivity index (χ1v) is 8.32. The van der Waals surface area contributed by atoms with Crippen molar-refractivity contribution in [1.29, 1.82) is 0 Å². The SMILES string of the molecule is O=C(O)Cn1ccc(NC(=O)C2(c3ccc(F)cc3)CCCCC2)n1. The van der Waals surface area contributed by atoms with Gasteiger partial charge in [-0.2, -0.15) is 5.10 Å². The minimum absolute atomic E-state index is 0.181. The molecular weight excluding hydrogens is 325 g/mol. The van der Waals surface area contributed by atoms with Gasteiger partial charge in [0.05, 0.1) is 5.41 Å². The van der Waals surface area contributed by atoms with Gasteiger partial charge in [-0.25, -0.2) is 4.39 Å². The van der Waals surface area contributed by atoms with E-state index in [-0.39, 0.29) is 18.3 Å². The highest BCUT2D eigenvalue weighted by Gasteiger charge is 2.41. The lowest BCUT2D eigenvalue weighted by Crippen LogP contribution is -2.42. The standard InChI is InChI=1S/C18H20FN3O3/c19-14-6-4-13(5-7-14)18(9-2-1-3-10-18)17(25)20-15-8-11-22(21-15)12-16(23)24/h4-8,11H,1-3,9-10,12H2,(H,23,24)(H,20,21,25). The second-order valence-corrected chi connectivity index (χ2v) is 6.40. The van der Waals surface area contributed by atoms with E-state index < -0.39 is 11.4 Å². The zero-order chi connectivity index (χ0) is 17.9. The molecule has 0 radical (unpaired) electrons. The molecule has 0 spiro atoms. The Balaban J connectivity index is 1.83. The summed E-state index contributed by atoms with van der Waals surface area (Å²) in [6.07, 6.45) is 5.83. The normalized spacial score (nSPS) is 16.4.